The molecule has 0 saturated carbocycles. The third kappa shape index (κ3) is 2.33. The Morgan fingerprint density at radius 2 is 2.29 bits per heavy atom. The topological polar surface area (TPSA) is 69.4 Å². The Hall–Kier alpha value is -2.17. The summed E-state index contributed by atoms with van der Waals surface area (Å²) in [6.45, 7) is -0.303. The number of allylic oxidation sites excluding steroid dienone is 1. The summed E-state index contributed by atoms with van der Waals surface area (Å²) in [6.07, 6.45) is 2.59. The van der Waals surface area contributed by atoms with Crippen LogP contribution in [0.2, 0.25) is 0 Å². The molecule has 4 nitrogen and oxygen atoms in total. The van der Waals surface area contributed by atoms with Crippen LogP contribution in [0, 0.1) is 5.82 Å². The number of aldehydes is 1. The molecule has 0 bridgehead atoms. The lowest BCUT2D eigenvalue weighted by Crippen LogP contribution is -2.20. The summed E-state index contributed by atoms with van der Waals surface area (Å²) < 4.78 is 18.7. The highest BCUT2D eigenvalue weighted by Crippen LogP contribution is 2.30. The highest BCUT2D eigenvalue weighted by molar-refractivity contribution is 5.86. The van der Waals surface area contributed by atoms with E-state index in [0.717, 1.165) is 0 Å². The van der Waals surface area contributed by atoms with Crippen molar-refractivity contribution in [1.29, 1.82) is 0 Å². The second-order valence-electron chi connectivity index (χ2n) is 3.74. The van der Waals surface area contributed by atoms with Crippen LogP contribution in [0.15, 0.2) is 17.7 Å². The molecule has 0 spiro atoms. The van der Waals surface area contributed by atoms with Crippen LogP contribution in [0.25, 0.3) is 6.08 Å². The SMILES string of the molecule is NC(=O)COc1cc(F)c2c(c1)C=C(C=O)C2. The van der Waals surface area contributed by atoms with Gasteiger partial charge in [-0.2, -0.15) is 0 Å². The summed E-state index contributed by atoms with van der Waals surface area (Å²) in [5.74, 6) is -0.853. The molecule has 0 aromatic heterocycles. The van der Waals surface area contributed by atoms with Gasteiger partial charge >= 0.3 is 0 Å². The number of amides is 1. The Kier molecular flexibility index (Phi) is 2.91. The second kappa shape index (κ2) is 4.37. The van der Waals surface area contributed by atoms with Gasteiger partial charge in [0.2, 0.25) is 0 Å². The molecule has 2 rings (SSSR count). The van der Waals surface area contributed by atoms with Gasteiger partial charge in [-0.1, -0.05) is 0 Å². The van der Waals surface area contributed by atoms with Gasteiger partial charge in [0.15, 0.2) is 6.61 Å². The van der Waals surface area contributed by atoms with E-state index in [0.29, 0.717) is 29.4 Å². The Bertz CT molecular complexity index is 523. The molecule has 0 unspecified atom stereocenters. The van der Waals surface area contributed by atoms with Gasteiger partial charge < -0.3 is 10.5 Å². The van der Waals surface area contributed by atoms with Crippen LogP contribution >= 0.6 is 0 Å². The standard InChI is InChI=1S/C12H10FNO3/c13-11-4-9(17-6-12(14)16)3-8-1-7(5-15)2-10(8)11/h1,3-5H,2,6H2,(H2,14,16). The van der Waals surface area contributed by atoms with E-state index >= 15 is 0 Å². The van der Waals surface area contributed by atoms with E-state index in [1.54, 1.807) is 12.1 Å². The van der Waals surface area contributed by atoms with Crippen LogP contribution in [0.3, 0.4) is 0 Å². The molecule has 0 fully saturated rings. The monoisotopic (exact) mass is 235 g/mol. The molecule has 17 heavy (non-hydrogen) atoms. The van der Waals surface area contributed by atoms with Crippen molar-refractivity contribution in [2.24, 2.45) is 5.73 Å². The van der Waals surface area contributed by atoms with E-state index in [-0.39, 0.29) is 12.4 Å². The van der Waals surface area contributed by atoms with Gasteiger partial charge in [-0.3, -0.25) is 9.59 Å². The van der Waals surface area contributed by atoms with Gasteiger partial charge in [-0.25, -0.2) is 4.39 Å². The van der Waals surface area contributed by atoms with Crippen molar-refractivity contribution in [1.82, 2.24) is 0 Å². The van der Waals surface area contributed by atoms with E-state index in [9.17, 15) is 14.0 Å². The van der Waals surface area contributed by atoms with E-state index in [1.807, 2.05) is 0 Å². The summed E-state index contributed by atoms with van der Waals surface area (Å²) in [4.78, 5) is 21.1. The molecule has 1 aromatic carbocycles. The van der Waals surface area contributed by atoms with Crippen LogP contribution in [0.1, 0.15) is 11.1 Å². The summed E-state index contributed by atoms with van der Waals surface area (Å²) in [5, 5.41) is 0. The van der Waals surface area contributed by atoms with Gasteiger partial charge in [0.05, 0.1) is 0 Å². The van der Waals surface area contributed by atoms with Gasteiger partial charge in [0.1, 0.15) is 17.9 Å². The van der Waals surface area contributed by atoms with E-state index < -0.39 is 11.7 Å². The number of halogens is 1. The maximum atomic E-state index is 13.6. The Balaban J connectivity index is 2.27. The molecule has 88 valence electrons. The highest BCUT2D eigenvalue weighted by Gasteiger charge is 2.18. The number of carbonyl (C=O) groups is 2. The molecule has 0 saturated heterocycles. The quantitative estimate of drug-likeness (QED) is 0.786. The normalized spacial score (nSPS) is 12.9. The smallest absolute Gasteiger partial charge is 0.255 e. The molecule has 1 aliphatic rings. The first kappa shape index (κ1) is 11.3. The lowest BCUT2D eigenvalue weighted by Gasteiger charge is -2.07. The molecule has 1 aromatic rings. The fourth-order valence-corrected chi connectivity index (χ4v) is 1.72. The van der Waals surface area contributed by atoms with Crippen molar-refractivity contribution < 1.29 is 18.7 Å². The number of fused-ring (bicyclic) bond motifs is 1. The number of ether oxygens (including phenoxy) is 1. The number of carbonyl (C=O) groups excluding carboxylic acids is 2. The van der Waals surface area contributed by atoms with Gasteiger partial charge in [0.25, 0.3) is 5.91 Å². The minimum atomic E-state index is -0.630. The lowest BCUT2D eigenvalue weighted by atomic mass is 10.1. The second-order valence-corrected chi connectivity index (χ2v) is 3.74. The van der Waals surface area contributed by atoms with Crippen LogP contribution < -0.4 is 10.5 Å². The summed E-state index contributed by atoms with van der Waals surface area (Å²) >= 11 is 0. The summed E-state index contributed by atoms with van der Waals surface area (Å²) in [5.41, 5.74) is 6.51. The van der Waals surface area contributed by atoms with E-state index in [2.05, 4.69) is 0 Å². The molecule has 1 amide bonds. The molecule has 0 atom stereocenters. The number of nitrogens with two attached hydrogens (primary N) is 1. The number of benzene rings is 1. The van der Waals surface area contributed by atoms with Crippen molar-refractivity contribution >= 4 is 18.3 Å². The van der Waals surface area contributed by atoms with Gasteiger partial charge in [-0.05, 0) is 28.8 Å². The zero-order chi connectivity index (χ0) is 12.4. The molecular weight excluding hydrogens is 225 g/mol. The third-order valence-electron chi connectivity index (χ3n) is 2.46. The van der Waals surface area contributed by atoms with E-state index in [1.165, 1.54) is 6.07 Å². The zero-order valence-corrected chi connectivity index (χ0v) is 8.90. The van der Waals surface area contributed by atoms with Crippen molar-refractivity contribution in [2.45, 2.75) is 6.42 Å². The fourth-order valence-electron chi connectivity index (χ4n) is 1.72. The van der Waals surface area contributed by atoms with Crippen LogP contribution in [0.4, 0.5) is 4.39 Å². The molecular formula is C12H10FNO3. The molecule has 2 N–H and O–H groups in total. The fraction of sp³-hybridized carbons (Fsp3) is 0.167. The lowest BCUT2D eigenvalue weighted by molar-refractivity contribution is -0.120. The van der Waals surface area contributed by atoms with Crippen molar-refractivity contribution in [3.05, 3.63) is 34.6 Å². The number of rotatable bonds is 4. The Morgan fingerprint density at radius 3 is 2.94 bits per heavy atom. The predicted molar refractivity (Wildman–Crippen MR) is 58.8 cm³/mol. The van der Waals surface area contributed by atoms with Gasteiger partial charge in [-0.15, -0.1) is 0 Å². The first-order valence-corrected chi connectivity index (χ1v) is 4.99. The van der Waals surface area contributed by atoms with Crippen LogP contribution in [-0.4, -0.2) is 18.8 Å². The van der Waals surface area contributed by atoms with Crippen molar-refractivity contribution in [3.63, 3.8) is 0 Å². The average molecular weight is 235 g/mol. The largest absolute Gasteiger partial charge is 0.484 e. The molecule has 5 heteroatoms. The van der Waals surface area contributed by atoms with Crippen LogP contribution in [-0.2, 0) is 16.0 Å². The average Bonchev–Trinajstić information content (AvgIpc) is 2.70. The molecule has 0 heterocycles. The highest BCUT2D eigenvalue weighted by atomic mass is 19.1. The van der Waals surface area contributed by atoms with Crippen molar-refractivity contribution in [2.75, 3.05) is 6.61 Å². The first-order chi connectivity index (χ1) is 8.10. The Labute approximate surface area is 96.9 Å². The Morgan fingerprint density at radius 1 is 1.53 bits per heavy atom. The zero-order valence-electron chi connectivity index (χ0n) is 8.90. The molecule has 0 radical (unpaired) electrons. The number of primary amides is 1. The first-order valence-electron chi connectivity index (χ1n) is 4.99. The third-order valence-corrected chi connectivity index (χ3v) is 2.46. The predicted octanol–water partition coefficient (Wildman–Crippen LogP) is 0.828. The maximum Gasteiger partial charge on any atom is 0.255 e. The summed E-state index contributed by atoms with van der Waals surface area (Å²) in [7, 11) is 0. The van der Waals surface area contributed by atoms with E-state index in [4.69, 9.17) is 10.5 Å². The maximum absolute atomic E-state index is 13.6. The summed E-state index contributed by atoms with van der Waals surface area (Å²) in [6, 6.07) is 2.77. The van der Waals surface area contributed by atoms with Gasteiger partial charge in [0, 0.05) is 12.5 Å². The minimum absolute atomic E-state index is 0.225. The van der Waals surface area contributed by atoms with Crippen LogP contribution in [0.5, 0.6) is 5.75 Å². The molecule has 0 aliphatic heterocycles. The number of hydrogen-bond acceptors (Lipinski definition) is 3. The molecule has 1 aliphatic carbocycles. The minimum Gasteiger partial charge on any atom is -0.484 e. The van der Waals surface area contributed by atoms with Crippen molar-refractivity contribution in [3.8, 4) is 5.75 Å². The number of hydrogen-bond donors (Lipinski definition) is 1.